The van der Waals surface area contributed by atoms with Gasteiger partial charge in [0.1, 0.15) is 0 Å². The number of benzene rings is 1. The standard InChI is InChI=1S/C16H24N2OS/c1-2-3-4-5-9-12-15(19)18-16(20)17-13-14-10-7-6-8-11-14/h6-8,10-11H,2-5,9,12-13H2,1H3,(H2,17,18,19,20). The lowest BCUT2D eigenvalue weighted by atomic mass is 10.1. The van der Waals surface area contributed by atoms with Crippen LogP contribution < -0.4 is 10.6 Å². The minimum Gasteiger partial charge on any atom is -0.358 e. The fourth-order valence-corrected chi connectivity index (χ4v) is 2.09. The van der Waals surface area contributed by atoms with Gasteiger partial charge in [0.2, 0.25) is 5.91 Å². The highest BCUT2D eigenvalue weighted by Crippen LogP contribution is 2.04. The van der Waals surface area contributed by atoms with E-state index in [-0.39, 0.29) is 5.91 Å². The number of amides is 1. The first-order chi connectivity index (χ1) is 9.72. The Morgan fingerprint density at radius 3 is 2.50 bits per heavy atom. The summed E-state index contributed by atoms with van der Waals surface area (Å²) in [4.78, 5) is 11.7. The largest absolute Gasteiger partial charge is 0.358 e. The van der Waals surface area contributed by atoms with E-state index in [1.54, 1.807) is 0 Å². The van der Waals surface area contributed by atoms with Crippen LogP contribution in [0.15, 0.2) is 30.3 Å². The van der Waals surface area contributed by atoms with Crippen LogP contribution >= 0.6 is 12.2 Å². The van der Waals surface area contributed by atoms with Crippen LogP contribution in [0.5, 0.6) is 0 Å². The first kappa shape index (κ1) is 16.6. The lowest BCUT2D eigenvalue weighted by molar-refractivity contribution is -0.119. The van der Waals surface area contributed by atoms with Gasteiger partial charge in [0.05, 0.1) is 0 Å². The highest BCUT2D eigenvalue weighted by atomic mass is 32.1. The Morgan fingerprint density at radius 2 is 1.80 bits per heavy atom. The molecule has 0 unspecified atom stereocenters. The van der Waals surface area contributed by atoms with Crippen molar-refractivity contribution < 1.29 is 4.79 Å². The zero-order valence-electron chi connectivity index (χ0n) is 12.2. The molecule has 0 saturated heterocycles. The number of carbonyl (C=O) groups is 1. The zero-order valence-corrected chi connectivity index (χ0v) is 13.0. The second-order valence-corrected chi connectivity index (χ2v) is 5.29. The Morgan fingerprint density at radius 1 is 1.10 bits per heavy atom. The summed E-state index contributed by atoms with van der Waals surface area (Å²) in [7, 11) is 0. The molecule has 0 spiro atoms. The van der Waals surface area contributed by atoms with Crippen LogP contribution in [0.25, 0.3) is 0 Å². The van der Waals surface area contributed by atoms with Gasteiger partial charge in [-0.15, -0.1) is 0 Å². The Hall–Kier alpha value is -1.42. The fourth-order valence-electron chi connectivity index (χ4n) is 1.90. The van der Waals surface area contributed by atoms with Crippen LogP contribution in [0.4, 0.5) is 0 Å². The molecule has 0 fully saturated rings. The molecule has 2 N–H and O–H groups in total. The van der Waals surface area contributed by atoms with Crippen LogP contribution in [0, 0.1) is 0 Å². The quantitative estimate of drug-likeness (QED) is 0.569. The van der Waals surface area contributed by atoms with Crippen molar-refractivity contribution in [3.05, 3.63) is 35.9 Å². The average molecular weight is 292 g/mol. The normalized spacial score (nSPS) is 10.1. The molecule has 0 atom stereocenters. The molecule has 1 aromatic carbocycles. The number of carbonyl (C=O) groups excluding carboxylic acids is 1. The van der Waals surface area contributed by atoms with Gasteiger partial charge in [0.15, 0.2) is 5.11 Å². The van der Waals surface area contributed by atoms with E-state index in [9.17, 15) is 4.79 Å². The van der Waals surface area contributed by atoms with E-state index in [4.69, 9.17) is 12.2 Å². The Kier molecular flexibility index (Phi) is 8.63. The third kappa shape index (κ3) is 7.89. The van der Waals surface area contributed by atoms with Crippen molar-refractivity contribution in [1.82, 2.24) is 10.6 Å². The minimum atomic E-state index is 0.00654. The third-order valence-corrected chi connectivity index (χ3v) is 3.30. The van der Waals surface area contributed by atoms with Crippen LogP contribution in [0.3, 0.4) is 0 Å². The summed E-state index contributed by atoms with van der Waals surface area (Å²) in [6.45, 7) is 2.82. The molecule has 0 heterocycles. The van der Waals surface area contributed by atoms with E-state index >= 15 is 0 Å². The van der Waals surface area contributed by atoms with Crippen molar-refractivity contribution in [2.45, 2.75) is 52.0 Å². The van der Waals surface area contributed by atoms with Gasteiger partial charge in [-0.3, -0.25) is 4.79 Å². The third-order valence-electron chi connectivity index (χ3n) is 3.06. The van der Waals surface area contributed by atoms with Crippen LogP contribution in [0.1, 0.15) is 51.0 Å². The second-order valence-electron chi connectivity index (χ2n) is 4.88. The molecule has 110 valence electrons. The molecule has 0 aliphatic carbocycles. The molecule has 3 nitrogen and oxygen atoms in total. The molecule has 0 bridgehead atoms. The average Bonchev–Trinajstić information content (AvgIpc) is 2.46. The van der Waals surface area contributed by atoms with E-state index in [2.05, 4.69) is 17.6 Å². The SMILES string of the molecule is CCCCCCCC(=O)NC(=S)NCc1ccccc1. The van der Waals surface area contributed by atoms with Crippen molar-refractivity contribution in [1.29, 1.82) is 0 Å². The molecule has 0 aliphatic heterocycles. The Bertz CT molecular complexity index is 406. The topological polar surface area (TPSA) is 41.1 Å². The van der Waals surface area contributed by atoms with E-state index < -0.39 is 0 Å². The highest BCUT2D eigenvalue weighted by molar-refractivity contribution is 7.80. The van der Waals surface area contributed by atoms with Crippen molar-refractivity contribution >= 4 is 23.2 Å². The molecular weight excluding hydrogens is 268 g/mol. The molecule has 1 amide bonds. The number of nitrogens with one attached hydrogen (secondary N) is 2. The monoisotopic (exact) mass is 292 g/mol. The summed E-state index contributed by atoms with van der Waals surface area (Å²) in [5.41, 5.74) is 1.14. The lowest BCUT2D eigenvalue weighted by Crippen LogP contribution is -2.38. The van der Waals surface area contributed by atoms with Gasteiger partial charge in [0, 0.05) is 13.0 Å². The number of hydrogen-bond donors (Lipinski definition) is 2. The Labute approximate surface area is 127 Å². The zero-order chi connectivity index (χ0) is 14.6. The van der Waals surface area contributed by atoms with Gasteiger partial charge in [-0.05, 0) is 24.2 Å². The molecule has 0 radical (unpaired) electrons. The first-order valence-corrected chi connectivity index (χ1v) is 7.74. The van der Waals surface area contributed by atoms with Crippen molar-refractivity contribution in [3.8, 4) is 0 Å². The van der Waals surface area contributed by atoms with Crippen LogP contribution in [-0.2, 0) is 11.3 Å². The molecule has 0 aromatic heterocycles. The predicted molar refractivity (Wildman–Crippen MR) is 87.4 cm³/mol. The maximum Gasteiger partial charge on any atom is 0.226 e. The Balaban J connectivity index is 2.10. The molecule has 1 aromatic rings. The number of rotatable bonds is 8. The summed E-state index contributed by atoms with van der Waals surface area (Å²) in [5.74, 6) is 0.00654. The van der Waals surface area contributed by atoms with Gasteiger partial charge in [-0.25, -0.2) is 0 Å². The maximum absolute atomic E-state index is 11.7. The summed E-state index contributed by atoms with van der Waals surface area (Å²) in [5, 5.41) is 6.17. The van der Waals surface area contributed by atoms with Crippen molar-refractivity contribution in [3.63, 3.8) is 0 Å². The van der Waals surface area contributed by atoms with Gasteiger partial charge in [0.25, 0.3) is 0 Å². The fraction of sp³-hybridized carbons (Fsp3) is 0.500. The maximum atomic E-state index is 11.7. The van der Waals surface area contributed by atoms with Crippen LogP contribution in [0.2, 0.25) is 0 Å². The van der Waals surface area contributed by atoms with E-state index in [1.807, 2.05) is 30.3 Å². The van der Waals surface area contributed by atoms with E-state index in [0.29, 0.717) is 18.1 Å². The number of unbranched alkanes of at least 4 members (excludes halogenated alkanes) is 4. The number of thiocarbonyl (C=S) groups is 1. The van der Waals surface area contributed by atoms with E-state index in [0.717, 1.165) is 18.4 Å². The smallest absolute Gasteiger partial charge is 0.226 e. The summed E-state index contributed by atoms with van der Waals surface area (Å²) in [6.07, 6.45) is 6.29. The van der Waals surface area contributed by atoms with E-state index in [1.165, 1.54) is 19.3 Å². The predicted octanol–water partition coefficient (Wildman–Crippen LogP) is 3.54. The van der Waals surface area contributed by atoms with Crippen molar-refractivity contribution in [2.24, 2.45) is 0 Å². The molecule has 20 heavy (non-hydrogen) atoms. The lowest BCUT2D eigenvalue weighted by Gasteiger charge is -2.09. The van der Waals surface area contributed by atoms with Gasteiger partial charge >= 0.3 is 0 Å². The molecule has 0 saturated carbocycles. The molecule has 1 rings (SSSR count). The summed E-state index contributed by atoms with van der Waals surface area (Å²) in [6, 6.07) is 9.97. The van der Waals surface area contributed by atoms with Gasteiger partial charge < -0.3 is 10.6 Å². The van der Waals surface area contributed by atoms with Crippen molar-refractivity contribution in [2.75, 3.05) is 0 Å². The molecule has 4 heteroatoms. The van der Waals surface area contributed by atoms with Gasteiger partial charge in [-0.2, -0.15) is 0 Å². The number of hydrogen-bond acceptors (Lipinski definition) is 2. The summed E-state index contributed by atoms with van der Waals surface area (Å²) >= 11 is 5.11. The first-order valence-electron chi connectivity index (χ1n) is 7.34. The molecular formula is C16H24N2OS. The highest BCUT2D eigenvalue weighted by Gasteiger charge is 2.04. The second kappa shape index (κ2) is 10.4. The minimum absolute atomic E-state index is 0.00654. The van der Waals surface area contributed by atoms with Gasteiger partial charge in [-0.1, -0.05) is 62.9 Å². The van der Waals surface area contributed by atoms with Crippen LogP contribution in [-0.4, -0.2) is 11.0 Å². The summed E-state index contributed by atoms with van der Waals surface area (Å²) < 4.78 is 0. The molecule has 0 aliphatic rings.